The van der Waals surface area contributed by atoms with Crippen LogP contribution in [0.5, 0.6) is 0 Å². The van der Waals surface area contributed by atoms with Crippen LogP contribution in [0.15, 0.2) is 0 Å². The molecule has 1 atom stereocenters. The number of hydrogen-bond acceptors (Lipinski definition) is 0. The Morgan fingerprint density at radius 1 is 1.30 bits per heavy atom. The standard InChI is InChI=1S/C8H16ClP/c1-2-10(9)8-6-4-3-5-7-8/h8H,2-7H2,1H3. The van der Waals surface area contributed by atoms with E-state index >= 15 is 0 Å². The maximum Gasteiger partial charge on any atom is -0.00684 e. The first-order valence-electron chi connectivity index (χ1n) is 4.27. The van der Waals surface area contributed by atoms with Gasteiger partial charge in [0.25, 0.3) is 0 Å². The predicted octanol–water partition coefficient (Wildman–Crippen LogP) is 3.97. The first kappa shape index (κ1) is 8.81. The van der Waals surface area contributed by atoms with Crippen molar-refractivity contribution in [2.45, 2.75) is 44.7 Å². The molecule has 10 heavy (non-hydrogen) atoms. The summed E-state index contributed by atoms with van der Waals surface area (Å²) in [5, 5.41) is 0. The highest BCUT2D eigenvalue weighted by Gasteiger charge is 2.19. The second kappa shape index (κ2) is 4.57. The van der Waals surface area contributed by atoms with Crippen LogP contribution in [0.1, 0.15) is 39.0 Å². The van der Waals surface area contributed by atoms with Crippen LogP contribution >= 0.6 is 18.5 Å². The molecule has 1 fully saturated rings. The molecule has 2 heteroatoms. The van der Waals surface area contributed by atoms with Crippen LogP contribution in [-0.2, 0) is 0 Å². The van der Waals surface area contributed by atoms with Gasteiger partial charge in [-0.3, -0.25) is 0 Å². The number of hydrogen-bond donors (Lipinski definition) is 0. The van der Waals surface area contributed by atoms with Crippen LogP contribution in [-0.4, -0.2) is 11.8 Å². The Hall–Kier alpha value is 0.720. The maximum absolute atomic E-state index is 6.21. The van der Waals surface area contributed by atoms with Crippen molar-refractivity contribution in [2.24, 2.45) is 0 Å². The van der Waals surface area contributed by atoms with Crippen molar-refractivity contribution in [3.63, 3.8) is 0 Å². The average molecular weight is 179 g/mol. The summed E-state index contributed by atoms with van der Waals surface area (Å²) in [4.78, 5) is 0. The second-order valence-corrected chi connectivity index (χ2v) is 6.47. The van der Waals surface area contributed by atoms with Crippen molar-refractivity contribution in [1.82, 2.24) is 0 Å². The molecule has 1 rings (SSSR count). The van der Waals surface area contributed by atoms with Gasteiger partial charge in [-0.15, -0.1) is 0 Å². The number of rotatable bonds is 2. The van der Waals surface area contributed by atoms with Crippen molar-refractivity contribution in [2.75, 3.05) is 6.16 Å². The van der Waals surface area contributed by atoms with E-state index in [0.29, 0.717) is 0 Å². The highest BCUT2D eigenvalue weighted by atomic mass is 35.7. The summed E-state index contributed by atoms with van der Waals surface area (Å²) < 4.78 is 0. The van der Waals surface area contributed by atoms with Crippen molar-refractivity contribution < 1.29 is 0 Å². The molecule has 0 bridgehead atoms. The molecule has 0 spiro atoms. The Bertz CT molecular complexity index is 89.3. The van der Waals surface area contributed by atoms with Crippen molar-refractivity contribution in [3.8, 4) is 0 Å². The summed E-state index contributed by atoms with van der Waals surface area (Å²) in [5.41, 5.74) is 0.899. The van der Waals surface area contributed by atoms with Gasteiger partial charge in [0, 0.05) is 0 Å². The van der Waals surface area contributed by atoms with Crippen LogP contribution in [0, 0.1) is 0 Å². The van der Waals surface area contributed by atoms with E-state index in [-0.39, 0.29) is 7.27 Å². The largest absolute Gasteiger partial charge is 0.0961 e. The van der Waals surface area contributed by atoms with E-state index in [0.717, 1.165) is 5.66 Å². The maximum atomic E-state index is 6.21. The lowest BCUT2D eigenvalue weighted by molar-refractivity contribution is 0.512. The van der Waals surface area contributed by atoms with Gasteiger partial charge in [-0.1, -0.05) is 37.4 Å². The second-order valence-electron chi connectivity index (χ2n) is 3.01. The van der Waals surface area contributed by atoms with E-state index in [9.17, 15) is 0 Å². The third-order valence-electron chi connectivity index (χ3n) is 2.27. The van der Waals surface area contributed by atoms with E-state index in [1.807, 2.05) is 0 Å². The summed E-state index contributed by atoms with van der Waals surface area (Å²) in [6.07, 6.45) is 8.32. The molecule has 0 N–H and O–H groups in total. The van der Waals surface area contributed by atoms with Crippen molar-refractivity contribution >= 4 is 18.5 Å². The summed E-state index contributed by atoms with van der Waals surface area (Å²) in [5.74, 6) is 0. The number of halogens is 1. The lowest BCUT2D eigenvalue weighted by Gasteiger charge is -2.24. The Kier molecular flexibility index (Phi) is 4.03. The molecule has 1 unspecified atom stereocenters. The zero-order chi connectivity index (χ0) is 7.40. The predicted molar refractivity (Wildman–Crippen MR) is 50.2 cm³/mol. The molecule has 1 saturated carbocycles. The molecule has 0 nitrogen and oxygen atoms in total. The molecule has 1 aliphatic carbocycles. The Morgan fingerprint density at radius 2 is 1.90 bits per heavy atom. The minimum Gasteiger partial charge on any atom is -0.0961 e. The minimum atomic E-state index is -0.124. The highest BCUT2D eigenvalue weighted by Crippen LogP contribution is 2.51. The van der Waals surface area contributed by atoms with Crippen LogP contribution < -0.4 is 0 Å². The monoisotopic (exact) mass is 178 g/mol. The Morgan fingerprint density at radius 3 is 2.40 bits per heavy atom. The normalized spacial score (nSPS) is 24.6. The molecular formula is C8H16ClP. The summed E-state index contributed by atoms with van der Waals surface area (Å²) >= 11 is 6.21. The highest BCUT2D eigenvalue weighted by molar-refractivity contribution is 7.84. The fourth-order valence-electron chi connectivity index (χ4n) is 1.62. The van der Waals surface area contributed by atoms with Crippen LogP contribution in [0.4, 0.5) is 0 Å². The molecule has 1 aliphatic rings. The molecule has 0 aromatic carbocycles. The van der Waals surface area contributed by atoms with Gasteiger partial charge >= 0.3 is 0 Å². The third-order valence-corrected chi connectivity index (χ3v) is 5.73. The molecular weight excluding hydrogens is 163 g/mol. The average Bonchev–Trinajstić information content (AvgIpc) is 2.05. The summed E-state index contributed by atoms with van der Waals surface area (Å²) in [6.45, 7) is 2.22. The fraction of sp³-hybridized carbons (Fsp3) is 1.00. The smallest absolute Gasteiger partial charge is 0.00684 e. The van der Waals surface area contributed by atoms with E-state index in [1.165, 1.54) is 38.3 Å². The molecule has 0 aliphatic heterocycles. The molecule has 0 amide bonds. The van der Waals surface area contributed by atoms with Gasteiger partial charge in [0.15, 0.2) is 0 Å². The fourth-order valence-corrected chi connectivity index (χ4v) is 3.65. The minimum absolute atomic E-state index is 0.124. The molecule has 60 valence electrons. The lowest BCUT2D eigenvalue weighted by Crippen LogP contribution is -2.08. The van der Waals surface area contributed by atoms with E-state index in [4.69, 9.17) is 11.2 Å². The van der Waals surface area contributed by atoms with Gasteiger partial charge in [-0.25, -0.2) is 0 Å². The summed E-state index contributed by atoms with van der Waals surface area (Å²) in [7, 11) is -0.124. The molecule has 0 aromatic rings. The molecule has 0 radical (unpaired) electrons. The van der Waals surface area contributed by atoms with E-state index < -0.39 is 0 Å². The topological polar surface area (TPSA) is 0 Å². The molecule has 0 aromatic heterocycles. The van der Waals surface area contributed by atoms with Crippen LogP contribution in [0.3, 0.4) is 0 Å². The van der Waals surface area contributed by atoms with E-state index in [2.05, 4.69) is 6.92 Å². The first-order valence-corrected chi connectivity index (χ1v) is 6.77. The van der Waals surface area contributed by atoms with Gasteiger partial charge in [0.2, 0.25) is 0 Å². The quantitative estimate of drug-likeness (QED) is 0.562. The zero-order valence-electron chi connectivity index (χ0n) is 6.65. The summed E-state index contributed by atoms with van der Waals surface area (Å²) in [6, 6.07) is 0. The Labute approximate surface area is 69.9 Å². The van der Waals surface area contributed by atoms with Crippen LogP contribution in [0.25, 0.3) is 0 Å². The molecule has 0 heterocycles. The zero-order valence-corrected chi connectivity index (χ0v) is 8.30. The lowest BCUT2D eigenvalue weighted by atomic mass is 10.0. The third kappa shape index (κ3) is 2.40. The van der Waals surface area contributed by atoms with Gasteiger partial charge in [-0.05, 0) is 31.9 Å². The molecule has 0 saturated heterocycles. The van der Waals surface area contributed by atoms with Crippen molar-refractivity contribution in [3.05, 3.63) is 0 Å². The Balaban J connectivity index is 2.24. The first-order chi connectivity index (χ1) is 4.84. The SMILES string of the molecule is CCP(Cl)C1CCCCC1. The van der Waals surface area contributed by atoms with Gasteiger partial charge in [0.1, 0.15) is 0 Å². The van der Waals surface area contributed by atoms with Gasteiger partial charge < -0.3 is 0 Å². The van der Waals surface area contributed by atoms with Crippen molar-refractivity contribution in [1.29, 1.82) is 0 Å². The van der Waals surface area contributed by atoms with Gasteiger partial charge in [-0.2, -0.15) is 0 Å². The van der Waals surface area contributed by atoms with E-state index in [1.54, 1.807) is 0 Å². The van der Waals surface area contributed by atoms with Gasteiger partial charge in [0.05, 0.1) is 0 Å². The van der Waals surface area contributed by atoms with Crippen LogP contribution in [0.2, 0.25) is 0 Å².